The number of hydrogen-bond donors (Lipinski definition) is 2. The summed E-state index contributed by atoms with van der Waals surface area (Å²) in [5.41, 5.74) is 0.284. The van der Waals surface area contributed by atoms with Gasteiger partial charge >= 0.3 is 0 Å². The Morgan fingerprint density at radius 1 is 1.30 bits per heavy atom. The second kappa shape index (κ2) is 6.81. The Labute approximate surface area is 173 Å². The Bertz CT molecular complexity index is 1060. The Balaban J connectivity index is 1.32. The highest BCUT2D eigenvalue weighted by molar-refractivity contribution is 7.86. The molecule has 4 heterocycles. The standard InChI is InChI=1S/C18H25F2N7O2S/c1-25(9-13-8-18(19,20)10-22-13)30(28,29)27-7-6-26(11-17(27)3-4-17)16-14-2-5-21-15(14)23-12-24-16/h2,5,12-13,22H,3-4,6-11H2,1H3,(H,21,23,24)/t13-/m0/s1. The highest BCUT2D eigenvalue weighted by atomic mass is 32.2. The van der Waals surface area contributed by atoms with E-state index < -0.39 is 34.3 Å². The molecule has 9 nitrogen and oxygen atoms in total. The number of piperazine rings is 1. The van der Waals surface area contributed by atoms with Crippen molar-refractivity contribution < 1.29 is 17.2 Å². The number of hydrogen-bond acceptors (Lipinski definition) is 6. The van der Waals surface area contributed by atoms with Gasteiger partial charge in [0, 0.05) is 51.9 Å². The van der Waals surface area contributed by atoms with Crippen LogP contribution in [0.25, 0.3) is 11.0 Å². The van der Waals surface area contributed by atoms with E-state index in [1.807, 2.05) is 12.3 Å². The third kappa shape index (κ3) is 3.35. The number of anilines is 1. The zero-order valence-electron chi connectivity index (χ0n) is 16.7. The molecule has 0 bridgehead atoms. The molecule has 12 heteroatoms. The monoisotopic (exact) mass is 441 g/mol. The lowest BCUT2D eigenvalue weighted by Gasteiger charge is -2.43. The van der Waals surface area contributed by atoms with Crippen LogP contribution in [0.5, 0.6) is 0 Å². The second-order valence-electron chi connectivity index (χ2n) is 8.58. The number of rotatable bonds is 5. The summed E-state index contributed by atoms with van der Waals surface area (Å²) in [7, 11) is -2.28. The van der Waals surface area contributed by atoms with Crippen LogP contribution in [0.15, 0.2) is 18.6 Å². The first kappa shape index (κ1) is 20.0. The number of aromatic nitrogens is 3. The quantitative estimate of drug-likeness (QED) is 0.712. The zero-order valence-corrected chi connectivity index (χ0v) is 17.5. The molecule has 0 aromatic carbocycles. The van der Waals surface area contributed by atoms with Crippen molar-refractivity contribution in [1.29, 1.82) is 0 Å². The number of alkyl halides is 2. The van der Waals surface area contributed by atoms with E-state index in [0.29, 0.717) is 19.6 Å². The van der Waals surface area contributed by atoms with Crippen molar-refractivity contribution in [2.75, 3.05) is 44.7 Å². The SMILES string of the molecule is CN(C[C@@H]1CC(F)(F)CN1)S(=O)(=O)N1CCN(c2ncnc3[nH]ccc23)CC12CC2. The first-order chi connectivity index (χ1) is 14.2. The van der Waals surface area contributed by atoms with Crippen LogP contribution < -0.4 is 10.2 Å². The topological polar surface area (TPSA) is 97.5 Å². The number of fused-ring (bicyclic) bond motifs is 1. The zero-order chi connectivity index (χ0) is 21.1. The van der Waals surface area contributed by atoms with Gasteiger partial charge in [-0.15, -0.1) is 0 Å². The maximum atomic E-state index is 13.5. The van der Waals surface area contributed by atoms with E-state index in [2.05, 4.69) is 25.2 Å². The normalized spacial score (nSPS) is 26.1. The number of halogens is 2. The van der Waals surface area contributed by atoms with Gasteiger partial charge in [-0.2, -0.15) is 17.0 Å². The van der Waals surface area contributed by atoms with E-state index in [0.717, 1.165) is 29.7 Å². The summed E-state index contributed by atoms with van der Waals surface area (Å²) in [6.45, 7) is 1.02. The number of likely N-dealkylation sites (N-methyl/N-ethyl adjacent to an activating group) is 1. The van der Waals surface area contributed by atoms with Gasteiger partial charge in [0.2, 0.25) is 0 Å². The van der Waals surface area contributed by atoms with E-state index in [4.69, 9.17) is 0 Å². The van der Waals surface area contributed by atoms with Gasteiger partial charge in [0.05, 0.1) is 17.5 Å². The minimum absolute atomic E-state index is 0.0318. The highest BCUT2D eigenvalue weighted by Gasteiger charge is 2.57. The van der Waals surface area contributed by atoms with Crippen LogP contribution in [-0.2, 0) is 10.2 Å². The molecule has 5 rings (SSSR count). The predicted octanol–water partition coefficient (Wildman–Crippen LogP) is 0.786. The molecule has 2 aromatic rings. The average Bonchev–Trinajstić information content (AvgIpc) is 3.12. The molecule has 2 aromatic heterocycles. The minimum atomic E-state index is -3.75. The summed E-state index contributed by atoms with van der Waals surface area (Å²) >= 11 is 0. The molecule has 0 radical (unpaired) electrons. The van der Waals surface area contributed by atoms with Crippen molar-refractivity contribution in [3.05, 3.63) is 18.6 Å². The molecule has 2 saturated heterocycles. The first-order valence-corrected chi connectivity index (χ1v) is 11.5. The third-order valence-electron chi connectivity index (χ3n) is 6.39. The van der Waals surface area contributed by atoms with Crippen LogP contribution in [-0.4, -0.2) is 89.3 Å². The lowest BCUT2D eigenvalue weighted by atomic mass is 10.2. The van der Waals surface area contributed by atoms with Gasteiger partial charge in [-0.05, 0) is 18.9 Å². The maximum Gasteiger partial charge on any atom is 0.282 e. The molecule has 1 atom stereocenters. The molecule has 164 valence electrons. The molecule has 30 heavy (non-hydrogen) atoms. The fraction of sp³-hybridized carbons (Fsp3) is 0.667. The van der Waals surface area contributed by atoms with Gasteiger partial charge in [0.25, 0.3) is 16.1 Å². The van der Waals surface area contributed by atoms with Gasteiger partial charge in [0.15, 0.2) is 0 Å². The van der Waals surface area contributed by atoms with Crippen LogP contribution in [0, 0.1) is 0 Å². The van der Waals surface area contributed by atoms with E-state index >= 15 is 0 Å². The predicted molar refractivity (Wildman–Crippen MR) is 108 cm³/mol. The minimum Gasteiger partial charge on any atom is -0.353 e. The maximum absolute atomic E-state index is 13.5. The van der Waals surface area contributed by atoms with Crippen molar-refractivity contribution >= 4 is 27.1 Å². The summed E-state index contributed by atoms with van der Waals surface area (Å²) in [6, 6.07) is 1.38. The highest BCUT2D eigenvalue weighted by Crippen LogP contribution is 2.47. The summed E-state index contributed by atoms with van der Waals surface area (Å²) in [5, 5.41) is 3.64. The third-order valence-corrected chi connectivity index (χ3v) is 8.45. The molecule has 3 aliphatic rings. The number of nitrogens with one attached hydrogen (secondary N) is 2. The Hall–Kier alpha value is -1.89. The fourth-order valence-electron chi connectivity index (χ4n) is 4.67. The van der Waals surface area contributed by atoms with Gasteiger partial charge in [-0.25, -0.2) is 18.7 Å². The van der Waals surface area contributed by atoms with E-state index in [1.54, 1.807) is 4.31 Å². The largest absolute Gasteiger partial charge is 0.353 e. The smallest absolute Gasteiger partial charge is 0.282 e. The van der Waals surface area contributed by atoms with Crippen LogP contribution >= 0.6 is 0 Å². The lowest BCUT2D eigenvalue weighted by Crippen LogP contribution is -2.60. The first-order valence-electron chi connectivity index (χ1n) is 10.1. The molecule has 0 amide bonds. The van der Waals surface area contributed by atoms with Crippen molar-refractivity contribution in [3.63, 3.8) is 0 Å². The number of H-pyrrole nitrogens is 1. The van der Waals surface area contributed by atoms with Crippen molar-refractivity contribution in [3.8, 4) is 0 Å². The molecule has 1 saturated carbocycles. The van der Waals surface area contributed by atoms with E-state index in [1.165, 1.54) is 17.7 Å². The summed E-state index contributed by atoms with van der Waals surface area (Å²) in [4.78, 5) is 13.9. The molecule has 0 unspecified atom stereocenters. The molecule has 3 fully saturated rings. The van der Waals surface area contributed by atoms with Gasteiger partial charge in [0.1, 0.15) is 17.8 Å². The molecule has 1 spiro atoms. The average molecular weight is 442 g/mol. The van der Waals surface area contributed by atoms with Crippen LogP contribution in [0.4, 0.5) is 14.6 Å². The molecular weight excluding hydrogens is 416 g/mol. The molecular formula is C18H25F2N7O2S. The Kier molecular flexibility index (Phi) is 4.55. The Morgan fingerprint density at radius 2 is 2.10 bits per heavy atom. The molecule has 1 aliphatic carbocycles. The van der Waals surface area contributed by atoms with Gasteiger partial charge < -0.3 is 15.2 Å². The van der Waals surface area contributed by atoms with Crippen LogP contribution in [0.3, 0.4) is 0 Å². The van der Waals surface area contributed by atoms with Gasteiger partial charge in [-0.3, -0.25) is 0 Å². The number of nitrogens with zero attached hydrogens (tertiary/aromatic N) is 5. The lowest BCUT2D eigenvalue weighted by molar-refractivity contribution is 0.0206. The molecule has 2 N–H and O–H groups in total. The van der Waals surface area contributed by atoms with Gasteiger partial charge in [-0.1, -0.05) is 0 Å². The summed E-state index contributed by atoms with van der Waals surface area (Å²) in [6.07, 6.45) is 4.53. The van der Waals surface area contributed by atoms with Crippen LogP contribution in [0.2, 0.25) is 0 Å². The summed E-state index contributed by atoms with van der Waals surface area (Å²) < 4.78 is 56.3. The van der Waals surface area contributed by atoms with E-state index in [9.17, 15) is 17.2 Å². The van der Waals surface area contributed by atoms with Crippen molar-refractivity contribution in [2.45, 2.75) is 36.8 Å². The van der Waals surface area contributed by atoms with Crippen molar-refractivity contribution in [2.24, 2.45) is 0 Å². The van der Waals surface area contributed by atoms with Crippen molar-refractivity contribution in [1.82, 2.24) is 28.9 Å². The fourth-order valence-corrected chi connectivity index (χ4v) is 6.41. The number of aromatic amines is 1. The van der Waals surface area contributed by atoms with E-state index in [-0.39, 0.29) is 13.0 Å². The molecule has 2 aliphatic heterocycles. The summed E-state index contributed by atoms with van der Waals surface area (Å²) in [5.74, 6) is -1.98. The second-order valence-corrected chi connectivity index (χ2v) is 10.5. The Morgan fingerprint density at radius 3 is 2.80 bits per heavy atom. The van der Waals surface area contributed by atoms with Crippen LogP contribution in [0.1, 0.15) is 19.3 Å².